The van der Waals surface area contributed by atoms with E-state index < -0.39 is 11.8 Å². The highest BCUT2D eigenvalue weighted by atomic mass is 35.5. The van der Waals surface area contributed by atoms with Crippen LogP contribution in [-0.2, 0) is 4.79 Å². The third-order valence-electron chi connectivity index (χ3n) is 4.63. The van der Waals surface area contributed by atoms with Gasteiger partial charge in [0, 0.05) is 6.54 Å². The van der Waals surface area contributed by atoms with Crippen LogP contribution in [0.2, 0.25) is 10.0 Å². The van der Waals surface area contributed by atoms with Gasteiger partial charge in [-0.25, -0.2) is 0 Å². The largest absolute Gasteiger partial charge is 0.354 e. The molecule has 0 saturated heterocycles. The van der Waals surface area contributed by atoms with Gasteiger partial charge >= 0.3 is 0 Å². The van der Waals surface area contributed by atoms with Crippen molar-refractivity contribution in [3.8, 4) is 0 Å². The summed E-state index contributed by atoms with van der Waals surface area (Å²) in [5, 5.41) is 3.25. The smallest absolute Gasteiger partial charge is 0.262 e. The summed E-state index contributed by atoms with van der Waals surface area (Å²) in [6.45, 7) is 0.313. The Morgan fingerprint density at radius 2 is 1.58 bits per heavy atom. The molecule has 1 aromatic rings. The lowest BCUT2D eigenvalue weighted by Gasteiger charge is -2.22. The zero-order valence-corrected chi connectivity index (χ0v) is 14.6. The second-order valence-electron chi connectivity index (χ2n) is 6.32. The summed E-state index contributed by atoms with van der Waals surface area (Å²) < 4.78 is 0. The minimum absolute atomic E-state index is 0.189. The van der Waals surface area contributed by atoms with Gasteiger partial charge in [0.25, 0.3) is 11.8 Å². The summed E-state index contributed by atoms with van der Waals surface area (Å²) in [6, 6.07) is 2.75. The van der Waals surface area contributed by atoms with E-state index in [9.17, 15) is 14.4 Å². The molecule has 3 rings (SSSR count). The predicted molar refractivity (Wildman–Crippen MR) is 91.4 cm³/mol. The zero-order chi connectivity index (χ0) is 17.3. The van der Waals surface area contributed by atoms with Crippen molar-refractivity contribution in [2.75, 3.05) is 13.1 Å². The SMILES string of the molecule is O=C(CN1C(=O)c2cc(Cl)c(Cl)cc2C1=O)NCC1CCCCC1. The van der Waals surface area contributed by atoms with E-state index in [4.69, 9.17) is 23.2 Å². The van der Waals surface area contributed by atoms with Gasteiger partial charge in [0.05, 0.1) is 21.2 Å². The Morgan fingerprint density at radius 1 is 1.04 bits per heavy atom. The first-order valence-corrected chi connectivity index (χ1v) is 8.85. The van der Waals surface area contributed by atoms with Crippen LogP contribution in [0, 0.1) is 5.92 Å². The quantitative estimate of drug-likeness (QED) is 0.829. The first-order valence-electron chi connectivity index (χ1n) is 8.09. The van der Waals surface area contributed by atoms with Crippen molar-refractivity contribution in [2.24, 2.45) is 5.92 Å². The zero-order valence-electron chi connectivity index (χ0n) is 13.1. The van der Waals surface area contributed by atoms with E-state index in [0.29, 0.717) is 12.5 Å². The van der Waals surface area contributed by atoms with Crippen LogP contribution >= 0.6 is 23.2 Å². The molecule has 1 aromatic carbocycles. The monoisotopic (exact) mass is 368 g/mol. The van der Waals surface area contributed by atoms with Gasteiger partial charge in [-0.3, -0.25) is 19.3 Å². The lowest BCUT2D eigenvalue weighted by atomic mass is 9.89. The van der Waals surface area contributed by atoms with Crippen molar-refractivity contribution in [3.63, 3.8) is 0 Å². The summed E-state index contributed by atoms with van der Waals surface area (Å²) in [4.78, 5) is 37.7. The minimum atomic E-state index is -0.513. The number of hydrogen-bond donors (Lipinski definition) is 1. The molecule has 0 radical (unpaired) electrons. The summed E-state index contributed by atoms with van der Waals surface area (Å²) in [6.07, 6.45) is 5.88. The first-order chi connectivity index (χ1) is 11.5. The molecule has 5 nitrogen and oxygen atoms in total. The Balaban J connectivity index is 1.62. The number of carbonyl (C=O) groups is 3. The van der Waals surface area contributed by atoms with Crippen LogP contribution in [0.4, 0.5) is 0 Å². The van der Waals surface area contributed by atoms with Gasteiger partial charge in [-0.05, 0) is 30.9 Å². The molecule has 0 aromatic heterocycles. The average Bonchev–Trinajstić information content (AvgIpc) is 2.79. The number of benzene rings is 1. The molecule has 0 atom stereocenters. The van der Waals surface area contributed by atoms with Crippen molar-refractivity contribution in [1.29, 1.82) is 0 Å². The van der Waals surface area contributed by atoms with Gasteiger partial charge in [-0.2, -0.15) is 0 Å². The van der Waals surface area contributed by atoms with E-state index >= 15 is 0 Å². The lowest BCUT2D eigenvalue weighted by molar-refractivity contribution is -0.121. The highest BCUT2D eigenvalue weighted by Gasteiger charge is 2.37. The number of carbonyl (C=O) groups excluding carboxylic acids is 3. The number of amides is 3. The number of nitrogens with zero attached hydrogens (tertiary/aromatic N) is 1. The third-order valence-corrected chi connectivity index (χ3v) is 5.35. The molecule has 1 aliphatic heterocycles. The fraction of sp³-hybridized carbons (Fsp3) is 0.471. The van der Waals surface area contributed by atoms with Crippen molar-refractivity contribution in [1.82, 2.24) is 10.2 Å². The predicted octanol–water partition coefficient (Wildman–Crippen LogP) is 3.29. The number of nitrogens with one attached hydrogen (secondary N) is 1. The first kappa shape index (κ1) is 17.2. The molecule has 1 N–H and O–H groups in total. The molecule has 0 spiro atoms. The standard InChI is InChI=1S/C17H18Cl2N2O3/c18-13-6-11-12(7-14(13)19)17(24)21(16(11)23)9-15(22)20-8-10-4-2-1-3-5-10/h6-7,10H,1-5,8-9H2,(H,20,22). The number of halogens is 2. The van der Waals surface area contributed by atoms with Crippen molar-refractivity contribution < 1.29 is 14.4 Å². The molecule has 1 aliphatic carbocycles. The number of imide groups is 1. The molecule has 0 unspecified atom stereocenters. The maximum atomic E-state index is 12.3. The molecule has 24 heavy (non-hydrogen) atoms. The van der Waals surface area contributed by atoms with Gasteiger partial charge in [0.15, 0.2) is 0 Å². The lowest BCUT2D eigenvalue weighted by Crippen LogP contribution is -2.41. The van der Waals surface area contributed by atoms with Crippen molar-refractivity contribution >= 4 is 40.9 Å². The molecular weight excluding hydrogens is 351 g/mol. The topological polar surface area (TPSA) is 66.5 Å². The van der Waals surface area contributed by atoms with E-state index in [-0.39, 0.29) is 33.6 Å². The van der Waals surface area contributed by atoms with Gasteiger partial charge in [0.1, 0.15) is 6.54 Å². The van der Waals surface area contributed by atoms with Crippen molar-refractivity contribution in [3.05, 3.63) is 33.3 Å². The molecule has 7 heteroatoms. The van der Waals surface area contributed by atoms with E-state index in [1.54, 1.807) is 0 Å². The summed E-state index contributed by atoms with van der Waals surface area (Å²) >= 11 is 11.8. The third kappa shape index (κ3) is 3.42. The highest BCUT2D eigenvalue weighted by molar-refractivity contribution is 6.43. The van der Waals surface area contributed by atoms with Crippen LogP contribution in [0.1, 0.15) is 52.8 Å². The molecule has 128 valence electrons. The Kier molecular flexibility index (Phi) is 5.11. The number of rotatable bonds is 4. The molecule has 1 heterocycles. The molecule has 1 fully saturated rings. The van der Waals surface area contributed by atoms with E-state index in [1.165, 1.54) is 31.4 Å². The summed E-state index contributed by atoms with van der Waals surface area (Å²) in [5.41, 5.74) is 0.379. The summed E-state index contributed by atoms with van der Waals surface area (Å²) in [7, 11) is 0. The summed E-state index contributed by atoms with van der Waals surface area (Å²) in [5.74, 6) is -0.863. The number of fused-ring (bicyclic) bond motifs is 1. The normalized spacial score (nSPS) is 18.0. The maximum Gasteiger partial charge on any atom is 0.262 e. The van der Waals surface area contributed by atoms with Crippen LogP contribution < -0.4 is 5.32 Å². The van der Waals surface area contributed by atoms with Gasteiger partial charge in [-0.1, -0.05) is 42.5 Å². The molecule has 3 amide bonds. The Morgan fingerprint density at radius 3 is 2.12 bits per heavy atom. The second-order valence-corrected chi connectivity index (χ2v) is 7.13. The average molecular weight is 369 g/mol. The van der Waals surface area contributed by atoms with Crippen molar-refractivity contribution in [2.45, 2.75) is 32.1 Å². The second kappa shape index (κ2) is 7.11. The number of hydrogen-bond acceptors (Lipinski definition) is 3. The van der Waals surface area contributed by atoms with Gasteiger partial charge in [-0.15, -0.1) is 0 Å². The van der Waals surface area contributed by atoms with Crippen LogP contribution in [0.15, 0.2) is 12.1 Å². The highest BCUT2D eigenvalue weighted by Crippen LogP contribution is 2.31. The fourth-order valence-electron chi connectivity index (χ4n) is 3.28. The Bertz CT molecular complexity index is 658. The van der Waals surface area contributed by atoms with Gasteiger partial charge < -0.3 is 5.32 Å². The van der Waals surface area contributed by atoms with E-state index in [2.05, 4.69) is 5.32 Å². The molecule has 2 aliphatic rings. The Labute approximate surface area is 150 Å². The maximum absolute atomic E-state index is 12.3. The van der Waals surface area contributed by atoms with E-state index in [1.807, 2.05) is 0 Å². The van der Waals surface area contributed by atoms with Crippen LogP contribution in [-0.4, -0.2) is 35.7 Å². The van der Waals surface area contributed by atoms with Crippen LogP contribution in [0.25, 0.3) is 0 Å². The van der Waals surface area contributed by atoms with Crippen LogP contribution in [0.3, 0.4) is 0 Å². The molecule has 0 bridgehead atoms. The molecular formula is C17H18Cl2N2O3. The molecule has 1 saturated carbocycles. The Hall–Kier alpha value is -1.59. The minimum Gasteiger partial charge on any atom is -0.354 e. The van der Waals surface area contributed by atoms with E-state index in [0.717, 1.165) is 17.7 Å². The fourth-order valence-corrected chi connectivity index (χ4v) is 3.60. The van der Waals surface area contributed by atoms with Gasteiger partial charge in [0.2, 0.25) is 5.91 Å². The van der Waals surface area contributed by atoms with Crippen LogP contribution in [0.5, 0.6) is 0 Å².